The summed E-state index contributed by atoms with van der Waals surface area (Å²) in [6, 6.07) is 3.52. The standard InChI is InChI=1S/C12H12F3NO2/c13-12(14,15)9-2-1-8-3-7(4-11(17)18)6-16-10(8)5-9/h1-2,5,7,16H,3-4,6H2,(H,17,18). The van der Waals surface area contributed by atoms with Crippen LogP contribution >= 0.6 is 0 Å². The summed E-state index contributed by atoms with van der Waals surface area (Å²) in [7, 11) is 0. The zero-order valence-corrected chi connectivity index (χ0v) is 9.42. The zero-order chi connectivity index (χ0) is 13.3. The van der Waals surface area contributed by atoms with Gasteiger partial charge in [0.25, 0.3) is 0 Å². The quantitative estimate of drug-likeness (QED) is 0.858. The van der Waals surface area contributed by atoms with Gasteiger partial charge in [0.2, 0.25) is 0 Å². The minimum absolute atomic E-state index is 0.0213. The first-order chi connectivity index (χ1) is 8.36. The molecule has 0 saturated heterocycles. The number of carboxylic acid groups (broad SMARTS) is 1. The molecule has 0 bridgehead atoms. The number of nitrogens with one attached hydrogen (secondary N) is 1. The van der Waals surface area contributed by atoms with Crippen molar-refractivity contribution in [1.82, 2.24) is 0 Å². The number of halogens is 3. The highest BCUT2D eigenvalue weighted by Gasteiger charge is 2.32. The largest absolute Gasteiger partial charge is 0.481 e. The Balaban J connectivity index is 2.18. The fraction of sp³-hybridized carbons (Fsp3) is 0.417. The third-order valence-corrected chi connectivity index (χ3v) is 2.99. The molecule has 0 aliphatic carbocycles. The third-order valence-electron chi connectivity index (χ3n) is 2.99. The van der Waals surface area contributed by atoms with Crippen molar-refractivity contribution in [2.45, 2.75) is 19.0 Å². The van der Waals surface area contributed by atoms with Crippen molar-refractivity contribution in [1.29, 1.82) is 0 Å². The van der Waals surface area contributed by atoms with E-state index in [0.717, 1.165) is 17.7 Å². The maximum absolute atomic E-state index is 12.5. The van der Waals surface area contributed by atoms with E-state index in [9.17, 15) is 18.0 Å². The maximum Gasteiger partial charge on any atom is 0.416 e. The van der Waals surface area contributed by atoms with Crippen LogP contribution in [0.4, 0.5) is 18.9 Å². The summed E-state index contributed by atoms with van der Waals surface area (Å²) in [5.41, 5.74) is 0.498. The second-order valence-corrected chi connectivity index (χ2v) is 4.42. The number of hydrogen-bond acceptors (Lipinski definition) is 2. The normalized spacial score (nSPS) is 18.9. The highest BCUT2D eigenvalue weighted by Crippen LogP contribution is 2.34. The monoisotopic (exact) mass is 259 g/mol. The molecule has 2 rings (SSSR count). The van der Waals surface area contributed by atoms with Gasteiger partial charge in [-0.05, 0) is 30.0 Å². The van der Waals surface area contributed by atoms with Crippen molar-refractivity contribution in [3.8, 4) is 0 Å². The van der Waals surface area contributed by atoms with Crippen molar-refractivity contribution in [2.24, 2.45) is 5.92 Å². The Morgan fingerprint density at radius 1 is 1.44 bits per heavy atom. The van der Waals surface area contributed by atoms with Crippen molar-refractivity contribution in [3.05, 3.63) is 29.3 Å². The molecule has 1 aliphatic heterocycles. The Hall–Kier alpha value is -1.72. The summed E-state index contributed by atoms with van der Waals surface area (Å²) >= 11 is 0. The summed E-state index contributed by atoms with van der Waals surface area (Å²) in [5.74, 6) is -0.969. The molecule has 1 aliphatic rings. The van der Waals surface area contributed by atoms with Crippen LogP contribution < -0.4 is 5.32 Å². The van der Waals surface area contributed by atoms with Gasteiger partial charge in [0.1, 0.15) is 0 Å². The average Bonchev–Trinajstić information content (AvgIpc) is 2.26. The molecular weight excluding hydrogens is 247 g/mol. The van der Waals surface area contributed by atoms with E-state index in [2.05, 4.69) is 5.32 Å². The van der Waals surface area contributed by atoms with E-state index in [-0.39, 0.29) is 12.3 Å². The molecule has 0 fully saturated rings. The number of hydrogen-bond donors (Lipinski definition) is 2. The number of aliphatic carboxylic acids is 1. The number of anilines is 1. The Labute approximate surface area is 102 Å². The lowest BCUT2D eigenvalue weighted by atomic mass is 9.91. The molecule has 0 aromatic heterocycles. The number of fused-ring (bicyclic) bond motifs is 1. The van der Waals surface area contributed by atoms with Crippen LogP contribution in [0.15, 0.2) is 18.2 Å². The van der Waals surface area contributed by atoms with Gasteiger partial charge < -0.3 is 10.4 Å². The number of alkyl halides is 3. The van der Waals surface area contributed by atoms with E-state index in [1.165, 1.54) is 6.07 Å². The first kappa shape index (κ1) is 12.7. The van der Waals surface area contributed by atoms with Crippen LogP contribution in [0, 0.1) is 5.92 Å². The molecule has 0 saturated carbocycles. The SMILES string of the molecule is O=C(O)CC1CNc2cc(C(F)(F)F)ccc2C1. The Bertz CT molecular complexity index is 471. The van der Waals surface area contributed by atoms with Crippen LogP contribution in [0.5, 0.6) is 0 Å². The van der Waals surface area contributed by atoms with Gasteiger partial charge in [-0.25, -0.2) is 0 Å². The summed E-state index contributed by atoms with van der Waals surface area (Å²) in [5, 5.41) is 11.6. The lowest BCUT2D eigenvalue weighted by Crippen LogP contribution is -2.25. The second-order valence-electron chi connectivity index (χ2n) is 4.42. The lowest BCUT2D eigenvalue weighted by Gasteiger charge is -2.25. The van der Waals surface area contributed by atoms with Crippen LogP contribution in [0.2, 0.25) is 0 Å². The van der Waals surface area contributed by atoms with Crippen LogP contribution in [-0.2, 0) is 17.4 Å². The average molecular weight is 259 g/mol. The van der Waals surface area contributed by atoms with E-state index in [4.69, 9.17) is 5.11 Å². The van der Waals surface area contributed by atoms with E-state index >= 15 is 0 Å². The van der Waals surface area contributed by atoms with Gasteiger partial charge in [-0.2, -0.15) is 13.2 Å². The maximum atomic E-state index is 12.5. The molecule has 0 spiro atoms. The lowest BCUT2D eigenvalue weighted by molar-refractivity contribution is -0.138. The summed E-state index contributed by atoms with van der Waals surface area (Å²) in [6.07, 6.45) is -3.84. The summed E-state index contributed by atoms with van der Waals surface area (Å²) < 4.78 is 37.5. The highest BCUT2D eigenvalue weighted by molar-refractivity contribution is 5.67. The van der Waals surface area contributed by atoms with E-state index in [1.54, 1.807) is 0 Å². The molecular formula is C12H12F3NO2. The van der Waals surface area contributed by atoms with E-state index < -0.39 is 17.7 Å². The highest BCUT2D eigenvalue weighted by atomic mass is 19.4. The molecule has 98 valence electrons. The first-order valence-electron chi connectivity index (χ1n) is 5.52. The molecule has 1 aromatic rings. The van der Waals surface area contributed by atoms with Gasteiger partial charge in [-0.15, -0.1) is 0 Å². The van der Waals surface area contributed by atoms with Gasteiger partial charge in [0.05, 0.1) is 12.0 Å². The molecule has 1 heterocycles. The molecule has 3 nitrogen and oxygen atoms in total. The number of carbonyl (C=O) groups is 1. The fourth-order valence-corrected chi connectivity index (χ4v) is 2.12. The van der Waals surface area contributed by atoms with E-state index in [0.29, 0.717) is 18.7 Å². The summed E-state index contributed by atoms with van der Waals surface area (Å²) in [6.45, 7) is 0.389. The minimum atomic E-state index is -4.35. The minimum Gasteiger partial charge on any atom is -0.481 e. The molecule has 6 heteroatoms. The van der Waals surface area contributed by atoms with Gasteiger partial charge in [-0.3, -0.25) is 4.79 Å². The molecule has 18 heavy (non-hydrogen) atoms. The Morgan fingerprint density at radius 3 is 2.78 bits per heavy atom. The van der Waals surface area contributed by atoms with E-state index in [1.807, 2.05) is 0 Å². The molecule has 1 atom stereocenters. The molecule has 1 aromatic carbocycles. The molecule has 1 unspecified atom stereocenters. The van der Waals surface area contributed by atoms with Crippen LogP contribution in [0.1, 0.15) is 17.5 Å². The Kier molecular flexibility index (Phi) is 3.19. The van der Waals surface area contributed by atoms with Crippen molar-refractivity contribution < 1.29 is 23.1 Å². The van der Waals surface area contributed by atoms with Gasteiger partial charge in [-0.1, -0.05) is 6.07 Å². The second kappa shape index (κ2) is 4.51. The predicted octanol–water partition coefficient (Wildman–Crippen LogP) is 2.76. The smallest absolute Gasteiger partial charge is 0.416 e. The van der Waals surface area contributed by atoms with Gasteiger partial charge >= 0.3 is 12.1 Å². The van der Waals surface area contributed by atoms with Crippen molar-refractivity contribution in [3.63, 3.8) is 0 Å². The van der Waals surface area contributed by atoms with Gasteiger partial charge in [0, 0.05) is 12.2 Å². The topological polar surface area (TPSA) is 49.3 Å². The Morgan fingerprint density at radius 2 is 2.17 bits per heavy atom. The number of benzene rings is 1. The molecule has 2 N–H and O–H groups in total. The van der Waals surface area contributed by atoms with Crippen LogP contribution in [0.25, 0.3) is 0 Å². The first-order valence-corrected chi connectivity index (χ1v) is 5.52. The van der Waals surface area contributed by atoms with Crippen molar-refractivity contribution >= 4 is 11.7 Å². The number of rotatable bonds is 2. The van der Waals surface area contributed by atoms with Crippen LogP contribution in [0.3, 0.4) is 0 Å². The van der Waals surface area contributed by atoms with Crippen LogP contribution in [-0.4, -0.2) is 17.6 Å². The predicted molar refractivity (Wildman–Crippen MR) is 59.4 cm³/mol. The number of carboxylic acids is 1. The van der Waals surface area contributed by atoms with Gasteiger partial charge in [0.15, 0.2) is 0 Å². The van der Waals surface area contributed by atoms with Crippen molar-refractivity contribution in [2.75, 3.05) is 11.9 Å². The third kappa shape index (κ3) is 2.75. The summed E-state index contributed by atoms with van der Waals surface area (Å²) in [4.78, 5) is 10.6. The molecule has 0 amide bonds. The zero-order valence-electron chi connectivity index (χ0n) is 9.42. The fourth-order valence-electron chi connectivity index (χ4n) is 2.12. The molecule has 0 radical (unpaired) electrons.